The molecular weight excluding hydrogens is 324 g/mol. The first kappa shape index (κ1) is 17.0. The molecule has 1 aliphatic rings. The molecule has 4 nitrogen and oxygen atoms in total. The Kier molecular flexibility index (Phi) is 4.62. The van der Waals surface area contributed by atoms with E-state index in [1.807, 2.05) is 24.3 Å². The smallest absolute Gasteiger partial charge is 0.150 e. The highest BCUT2D eigenvalue weighted by Gasteiger charge is 2.24. The number of hydrogen-bond donors (Lipinski definition) is 0. The van der Waals surface area contributed by atoms with Crippen molar-refractivity contribution in [2.24, 2.45) is 0 Å². The van der Waals surface area contributed by atoms with Gasteiger partial charge in [0.15, 0.2) is 0 Å². The summed E-state index contributed by atoms with van der Waals surface area (Å²) in [5, 5.41) is 0. The summed E-state index contributed by atoms with van der Waals surface area (Å²) in [5.74, 6) is 0. The number of benzene rings is 1. The number of hydrogen-bond acceptors (Lipinski definition) is 3. The zero-order valence-corrected chi connectivity index (χ0v) is 15.3. The maximum atomic E-state index is 11.7. The zero-order valence-electron chi connectivity index (χ0n) is 15.3. The predicted octanol–water partition coefficient (Wildman–Crippen LogP) is 4.12. The minimum Gasteiger partial charge on any atom is -0.379 e. The topological polar surface area (TPSA) is 34.0 Å². The van der Waals surface area contributed by atoms with E-state index in [2.05, 4.69) is 47.5 Å². The Labute approximate surface area is 154 Å². The van der Waals surface area contributed by atoms with E-state index in [-0.39, 0.29) is 6.04 Å². The van der Waals surface area contributed by atoms with E-state index in [0.29, 0.717) is 0 Å². The Morgan fingerprint density at radius 2 is 1.85 bits per heavy atom. The predicted molar refractivity (Wildman–Crippen MR) is 104 cm³/mol. The van der Waals surface area contributed by atoms with Crippen molar-refractivity contribution in [1.82, 2.24) is 9.30 Å². The summed E-state index contributed by atoms with van der Waals surface area (Å²) in [6.45, 7) is 7.64. The van der Waals surface area contributed by atoms with Crippen molar-refractivity contribution in [2.75, 3.05) is 26.3 Å². The van der Waals surface area contributed by atoms with Crippen molar-refractivity contribution in [3.05, 3.63) is 65.5 Å². The van der Waals surface area contributed by atoms with E-state index < -0.39 is 0 Å². The molecule has 1 atom stereocenters. The molecule has 0 radical (unpaired) electrons. The summed E-state index contributed by atoms with van der Waals surface area (Å²) in [5.41, 5.74) is 6.42. The quantitative estimate of drug-likeness (QED) is 0.665. The van der Waals surface area contributed by atoms with Crippen LogP contribution in [-0.2, 0) is 4.74 Å². The molecule has 3 aromatic rings. The molecule has 26 heavy (non-hydrogen) atoms. The summed E-state index contributed by atoms with van der Waals surface area (Å²) in [4.78, 5) is 14.2. The van der Waals surface area contributed by atoms with Gasteiger partial charge >= 0.3 is 0 Å². The monoisotopic (exact) mass is 348 g/mol. The molecule has 3 heterocycles. The van der Waals surface area contributed by atoms with Gasteiger partial charge in [0.25, 0.3) is 0 Å². The van der Waals surface area contributed by atoms with Gasteiger partial charge in [-0.3, -0.25) is 9.69 Å². The molecule has 1 unspecified atom stereocenters. The second-order valence-corrected chi connectivity index (χ2v) is 6.90. The molecule has 0 saturated carbocycles. The molecule has 1 saturated heterocycles. The van der Waals surface area contributed by atoms with Crippen molar-refractivity contribution in [1.29, 1.82) is 0 Å². The molecule has 0 amide bonds. The molecule has 1 fully saturated rings. The fourth-order valence-electron chi connectivity index (χ4n) is 4.02. The number of fused-ring (bicyclic) bond motifs is 1. The van der Waals surface area contributed by atoms with Gasteiger partial charge in [0, 0.05) is 42.1 Å². The van der Waals surface area contributed by atoms with Crippen molar-refractivity contribution < 1.29 is 9.53 Å². The maximum absolute atomic E-state index is 11.7. The highest BCUT2D eigenvalue weighted by atomic mass is 16.5. The first-order chi connectivity index (χ1) is 12.7. The minimum atomic E-state index is 0.220. The second kappa shape index (κ2) is 7.06. The molecule has 134 valence electrons. The lowest BCUT2D eigenvalue weighted by Gasteiger charge is -2.34. The summed E-state index contributed by atoms with van der Waals surface area (Å²) < 4.78 is 7.76. The summed E-state index contributed by atoms with van der Waals surface area (Å²) >= 11 is 0. The first-order valence-corrected chi connectivity index (χ1v) is 9.17. The average Bonchev–Trinajstić information content (AvgIpc) is 3.11. The lowest BCUT2D eigenvalue weighted by molar-refractivity contribution is 0.0187. The largest absolute Gasteiger partial charge is 0.379 e. The van der Waals surface area contributed by atoms with E-state index >= 15 is 0 Å². The third-order valence-electron chi connectivity index (χ3n) is 5.50. The third kappa shape index (κ3) is 2.85. The normalized spacial score (nSPS) is 16.7. The molecule has 0 N–H and O–H groups in total. The lowest BCUT2D eigenvalue weighted by atomic mass is 10.00. The van der Waals surface area contributed by atoms with E-state index in [1.54, 1.807) is 0 Å². The number of aldehydes is 1. The standard InChI is InChI=1S/C22H24N2O2/c1-16-19(15-25)14-21-20(18-6-4-3-5-7-18)8-9-24(21)22(16)17(2)23-10-12-26-13-11-23/h3-9,14-15,17H,10-13H2,1-2H3. The summed E-state index contributed by atoms with van der Waals surface area (Å²) in [6, 6.07) is 14.7. The van der Waals surface area contributed by atoms with Crippen LogP contribution in [0.3, 0.4) is 0 Å². The number of rotatable bonds is 4. The SMILES string of the molecule is Cc1c(C=O)cc2c(-c3ccccc3)ccn2c1C(C)N1CCOCC1. The summed E-state index contributed by atoms with van der Waals surface area (Å²) in [7, 11) is 0. The number of pyridine rings is 1. The van der Waals surface area contributed by atoms with Gasteiger partial charge in [-0.25, -0.2) is 0 Å². The van der Waals surface area contributed by atoms with Gasteiger partial charge in [0.05, 0.1) is 18.7 Å². The zero-order chi connectivity index (χ0) is 18.1. The van der Waals surface area contributed by atoms with E-state index in [9.17, 15) is 4.79 Å². The molecule has 1 aromatic carbocycles. The number of ether oxygens (including phenoxy) is 1. The average molecular weight is 348 g/mol. The Balaban J connectivity index is 1.90. The second-order valence-electron chi connectivity index (χ2n) is 6.90. The third-order valence-corrected chi connectivity index (χ3v) is 5.50. The van der Waals surface area contributed by atoms with Crippen LogP contribution in [0.2, 0.25) is 0 Å². The van der Waals surface area contributed by atoms with E-state index in [1.165, 1.54) is 11.3 Å². The van der Waals surface area contributed by atoms with Gasteiger partial charge in [0.1, 0.15) is 6.29 Å². The molecule has 2 aromatic heterocycles. The van der Waals surface area contributed by atoms with Crippen LogP contribution in [0, 0.1) is 6.92 Å². The fourth-order valence-corrected chi connectivity index (χ4v) is 4.02. The molecule has 4 rings (SSSR count). The molecule has 0 spiro atoms. The van der Waals surface area contributed by atoms with Crippen LogP contribution >= 0.6 is 0 Å². The highest BCUT2D eigenvalue weighted by molar-refractivity contribution is 5.87. The first-order valence-electron chi connectivity index (χ1n) is 9.17. The van der Waals surface area contributed by atoms with Gasteiger partial charge < -0.3 is 9.14 Å². The van der Waals surface area contributed by atoms with Crippen LogP contribution in [-0.4, -0.2) is 41.9 Å². The Morgan fingerprint density at radius 1 is 1.12 bits per heavy atom. The molecule has 0 aliphatic carbocycles. The number of morpholine rings is 1. The van der Waals surface area contributed by atoms with Crippen LogP contribution in [0.5, 0.6) is 0 Å². The van der Waals surface area contributed by atoms with Crippen LogP contribution in [0.1, 0.15) is 34.6 Å². The molecular formula is C22H24N2O2. The highest BCUT2D eigenvalue weighted by Crippen LogP contribution is 2.33. The van der Waals surface area contributed by atoms with Gasteiger partial charge in [0.2, 0.25) is 0 Å². The Morgan fingerprint density at radius 3 is 2.54 bits per heavy atom. The number of aromatic nitrogens is 1. The molecule has 0 bridgehead atoms. The van der Waals surface area contributed by atoms with Crippen molar-refractivity contribution in [3.63, 3.8) is 0 Å². The molecule has 4 heteroatoms. The maximum Gasteiger partial charge on any atom is 0.150 e. The van der Waals surface area contributed by atoms with Crippen molar-refractivity contribution in [3.8, 4) is 11.1 Å². The van der Waals surface area contributed by atoms with Gasteiger partial charge in [-0.1, -0.05) is 30.3 Å². The van der Waals surface area contributed by atoms with Crippen LogP contribution in [0.25, 0.3) is 16.6 Å². The Hall–Kier alpha value is -2.43. The van der Waals surface area contributed by atoms with Crippen LogP contribution < -0.4 is 0 Å². The van der Waals surface area contributed by atoms with Gasteiger partial charge in [-0.2, -0.15) is 0 Å². The van der Waals surface area contributed by atoms with Crippen molar-refractivity contribution in [2.45, 2.75) is 19.9 Å². The van der Waals surface area contributed by atoms with Crippen LogP contribution in [0.4, 0.5) is 0 Å². The van der Waals surface area contributed by atoms with Crippen LogP contribution in [0.15, 0.2) is 48.7 Å². The van der Waals surface area contributed by atoms with E-state index in [4.69, 9.17) is 4.74 Å². The number of carbonyl (C=O) groups is 1. The number of carbonyl (C=O) groups excluding carboxylic acids is 1. The summed E-state index contributed by atoms with van der Waals surface area (Å²) in [6.07, 6.45) is 3.11. The van der Waals surface area contributed by atoms with Crippen molar-refractivity contribution >= 4 is 11.8 Å². The lowest BCUT2D eigenvalue weighted by Crippen LogP contribution is -2.38. The number of nitrogens with zero attached hydrogens (tertiary/aromatic N) is 2. The van der Waals surface area contributed by atoms with E-state index in [0.717, 1.165) is 54.8 Å². The Bertz CT molecular complexity index is 924. The van der Waals surface area contributed by atoms with Gasteiger partial charge in [-0.15, -0.1) is 0 Å². The molecule has 1 aliphatic heterocycles. The fraction of sp³-hybridized carbons (Fsp3) is 0.318. The van der Waals surface area contributed by atoms with Gasteiger partial charge in [-0.05, 0) is 37.1 Å². The minimum absolute atomic E-state index is 0.220.